The Morgan fingerprint density at radius 1 is 1.10 bits per heavy atom. The van der Waals surface area contributed by atoms with Crippen molar-refractivity contribution in [1.82, 2.24) is 0 Å². The number of rotatable bonds is 1. The number of halogens is 1. The van der Waals surface area contributed by atoms with Gasteiger partial charge >= 0.3 is 0 Å². The van der Waals surface area contributed by atoms with Gasteiger partial charge in [0.25, 0.3) is 11.7 Å². The lowest BCUT2D eigenvalue weighted by atomic mass is 10.1. The third-order valence-electron chi connectivity index (χ3n) is 3.96. The standard InChI is InChI=1S/C16H11FN2O2/c17-10-2-1-9-5-6-19(14(9)7-10)11-3-4-12-13(8-11)18-16(21)15(12)20/h1-4,7-8H,5-6H2,(H,18,20,21). The number of fused-ring (bicyclic) bond motifs is 2. The monoisotopic (exact) mass is 282 g/mol. The molecule has 0 fully saturated rings. The highest BCUT2D eigenvalue weighted by Gasteiger charge is 2.29. The maximum absolute atomic E-state index is 13.4. The van der Waals surface area contributed by atoms with Crippen LogP contribution in [0.3, 0.4) is 0 Å². The lowest BCUT2D eigenvalue weighted by Crippen LogP contribution is -2.13. The van der Waals surface area contributed by atoms with Gasteiger partial charge in [-0.25, -0.2) is 4.39 Å². The number of benzene rings is 2. The average molecular weight is 282 g/mol. The molecule has 0 saturated heterocycles. The van der Waals surface area contributed by atoms with Gasteiger partial charge in [0, 0.05) is 17.9 Å². The van der Waals surface area contributed by atoms with Crippen molar-refractivity contribution < 1.29 is 14.0 Å². The van der Waals surface area contributed by atoms with Crippen LogP contribution in [-0.2, 0) is 11.2 Å². The molecule has 1 N–H and O–H groups in total. The Hall–Kier alpha value is -2.69. The Kier molecular flexibility index (Phi) is 2.39. The van der Waals surface area contributed by atoms with Crippen LogP contribution in [0.4, 0.5) is 21.5 Å². The molecule has 2 aromatic carbocycles. The van der Waals surface area contributed by atoms with E-state index in [2.05, 4.69) is 5.32 Å². The van der Waals surface area contributed by atoms with Gasteiger partial charge in [-0.3, -0.25) is 9.59 Å². The molecule has 4 nitrogen and oxygen atoms in total. The number of Topliss-reactive ketones (excluding diaryl/α,β-unsaturated/α-hetero) is 1. The van der Waals surface area contributed by atoms with Gasteiger partial charge in [0.05, 0.1) is 11.3 Å². The second-order valence-electron chi connectivity index (χ2n) is 5.19. The number of nitrogens with one attached hydrogen (secondary N) is 1. The second-order valence-corrected chi connectivity index (χ2v) is 5.19. The van der Waals surface area contributed by atoms with E-state index in [-0.39, 0.29) is 5.82 Å². The van der Waals surface area contributed by atoms with Gasteiger partial charge in [-0.15, -0.1) is 0 Å². The van der Waals surface area contributed by atoms with Crippen LogP contribution in [0.1, 0.15) is 15.9 Å². The summed E-state index contributed by atoms with van der Waals surface area (Å²) in [6.07, 6.45) is 0.845. The lowest BCUT2D eigenvalue weighted by molar-refractivity contribution is -0.112. The van der Waals surface area contributed by atoms with Crippen molar-refractivity contribution in [2.75, 3.05) is 16.8 Å². The van der Waals surface area contributed by atoms with E-state index in [1.54, 1.807) is 24.3 Å². The van der Waals surface area contributed by atoms with Crippen molar-refractivity contribution in [2.24, 2.45) is 0 Å². The molecule has 0 spiro atoms. The van der Waals surface area contributed by atoms with Crippen LogP contribution in [0.2, 0.25) is 0 Å². The molecule has 104 valence electrons. The van der Waals surface area contributed by atoms with Crippen molar-refractivity contribution >= 4 is 28.8 Å². The molecule has 2 heterocycles. The first-order chi connectivity index (χ1) is 10.1. The first-order valence-corrected chi connectivity index (χ1v) is 6.69. The largest absolute Gasteiger partial charge is 0.341 e. The molecular formula is C16H11FN2O2. The maximum Gasteiger partial charge on any atom is 0.296 e. The molecule has 2 aromatic rings. The minimum atomic E-state index is -0.602. The zero-order valence-electron chi connectivity index (χ0n) is 11.0. The fraction of sp³-hybridized carbons (Fsp3) is 0.125. The minimum absolute atomic E-state index is 0.273. The summed E-state index contributed by atoms with van der Waals surface area (Å²) in [5.74, 6) is -1.38. The predicted octanol–water partition coefficient (Wildman–Crippen LogP) is 2.65. The zero-order chi connectivity index (χ0) is 14.6. The van der Waals surface area contributed by atoms with Crippen molar-refractivity contribution in [2.45, 2.75) is 6.42 Å². The SMILES string of the molecule is O=C1Nc2cc(N3CCc4ccc(F)cc43)ccc2C1=O. The number of ketones is 1. The van der Waals surface area contributed by atoms with Crippen molar-refractivity contribution in [1.29, 1.82) is 0 Å². The topological polar surface area (TPSA) is 49.4 Å². The number of nitrogens with zero attached hydrogens (tertiary/aromatic N) is 1. The van der Waals surface area contributed by atoms with E-state index in [1.165, 1.54) is 12.1 Å². The van der Waals surface area contributed by atoms with Crippen LogP contribution in [-0.4, -0.2) is 18.2 Å². The average Bonchev–Trinajstić information content (AvgIpc) is 3.00. The van der Waals surface area contributed by atoms with Crippen molar-refractivity contribution in [3.63, 3.8) is 0 Å². The summed E-state index contributed by atoms with van der Waals surface area (Å²) in [6, 6.07) is 9.96. The van der Waals surface area contributed by atoms with Crippen molar-refractivity contribution in [3.8, 4) is 0 Å². The Morgan fingerprint density at radius 3 is 2.81 bits per heavy atom. The minimum Gasteiger partial charge on any atom is -0.341 e. The van der Waals surface area contributed by atoms with E-state index in [0.29, 0.717) is 11.3 Å². The molecule has 0 saturated carbocycles. The highest BCUT2D eigenvalue weighted by molar-refractivity contribution is 6.51. The van der Waals surface area contributed by atoms with E-state index in [4.69, 9.17) is 0 Å². The van der Waals surface area contributed by atoms with E-state index >= 15 is 0 Å². The predicted molar refractivity (Wildman–Crippen MR) is 76.5 cm³/mol. The number of carbonyl (C=O) groups is 2. The summed E-state index contributed by atoms with van der Waals surface area (Å²) in [7, 11) is 0. The van der Waals surface area contributed by atoms with Crippen LogP contribution in [0.25, 0.3) is 0 Å². The number of anilines is 3. The molecule has 2 aliphatic heterocycles. The molecule has 1 amide bonds. The van der Waals surface area contributed by atoms with Gasteiger partial charge in [-0.2, -0.15) is 0 Å². The third-order valence-corrected chi connectivity index (χ3v) is 3.96. The van der Waals surface area contributed by atoms with E-state index < -0.39 is 11.7 Å². The molecule has 0 radical (unpaired) electrons. The zero-order valence-corrected chi connectivity index (χ0v) is 11.0. The summed E-state index contributed by atoms with van der Waals surface area (Å²) in [5.41, 5.74) is 3.69. The van der Waals surface area contributed by atoms with E-state index in [0.717, 1.165) is 29.9 Å². The number of hydrogen-bond donors (Lipinski definition) is 1. The molecule has 5 heteroatoms. The fourth-order valence-electron chi connectivity index (χ4n) is 2.92. The third kappa shape index (κ3) is 1.74. The molecule has 0 aliphatic carbocycles. The lowest BCUT2D eigenvalue weighted by Gasteiger charge is -2.20. The number of amides is 1. The van der Waals surface area contributed by atoms with Gasteiger partial charge in [-0.05, 0) is 42.3 Å². The van der Waals surface area contributed by atoms with Gasteiger partial charge in [-0.1, -0.05) is 6.07 Å². The van der Waals surface area contributed by atoms with Gasteiger partial charge in [0.1, 0.15) is 5.82 Å². The summed E-state index contributed by atoms with van der Waals surface area (Å²) < 4.78 is 13.4. The van der Waals surface area contributed by atoms with Gasteiger partial charge in [0.15, 0.2) is 0 Å². The molecule has 0 bridgehead atoms. The highest BCUT2D eigenvalue weighted by Crippen LogP contribution is 2.37. The Labute approximate surface area is 120 Å². The van der Waals surface area contributed by atoms with Crippen LogP contribution in [0.15, 0.2) is 36.4 Å². The van der Waals surface area contributed by atoms with Crippen LogP contribution < -0.4 is 10.2 Å². The molecular weight excluding hydrogens is 271 g/mol. The van der Waals surface area contributed by atoms with E-state index in [1.807, 2.05) is 4.90 Å². The number of hydrogen-bond acceptors (Lipinski definition) is 3. The molecule has 0 aromatic heterocycles. The van der Waals surface area contributed by atoms with E-state index in [9.17, 15) is 14.0 Å². The van der Waals surface area contributed by atoms with Crippen molar-refractivity contribution in [3.05, 3.63) is 53.3 Å². The first kappa shape index (κ1) is 12.1. The number of carbonyl (C=O) groups excluding carboxylic acids is 2. The van der Waals surface area contributed by atoms with Gasteiger partial charge in [0.2, 0.25) is 0 Å². The summed E-state index contributed by atoms with van der Waals surface area (Å²) in [4.78, 5) is 25.0. The first-order valence-electron chi connectivity index (χ1n) is 6.69. The van der Waals surface area contributed by atoms with Crippen LogP contribution in [0.5, 0.6) is 0 Å². The summed E-state index contributed by atoms with van der Waals surface area (Å²) in [6.45, 7) is 0.749. The Balaban J connectivity index is 1.77. The highest BCUT2D eigenvalue weighted by atomic mass is 19.1. The molecule has 2 aliphatic rings. The fourth-order valence-corrected chi connectivity index (χ4v) is 2.92. The second kappa shape index (κ2) is 4.15. The Bertz CT molecular complexity index is 801. The maximum atomic E-state index is 13.4. The summed E-state index contributed by atoms with van der Waals surface area (Å²) in [5, 5.41) is 2.56. The quantitative estimate of drug-likeness (QED) is 0.818. The van der Waals surface area contributed by atoms with Crippen LogP contribution >= 0.6 is 0 Å². The normalized spacial score (nSPS) is 16.0. The summed E-state index contributed by atoms with van der Waals surface area (Å²) >= 11 is 0. The Morgan fingerprint density at radius 2 is 1.95 bits per heavy atom. The smallest absolute Gasteiger partial charge is 0.296 e. The molecule has 0 atom stereocenters. The van der Waals surface area contributed by atoms with Gasteiger partial charge < -0.3 is 10.2 Å². The molecule has 0 unspecified atom stereocenters. The molecule has 4 rings (SSSR count). The van der Waals surface area contributed by atoms with Crippen LogP contribution in [0, 0.1) is 5.82 Å². The molecule has 21 heavy (non-hydrogen) atoms.